The molecule has 0 spiro atoms. The molecule has 275 valence electrons. The number of benzene rings is 9. The number of nitrogens with zero attached hydrogens (tertiary/aromatic N) is 4. The maximum atomic E-state index is 5.20. The molecule has 4 nitrogen and oxygen atoms in total. The van der Waals surface area contributed by atoms with Gasteiger partial charge in [0, 0.05) is 66.7 Å². The van der Waals surface area contributed by atoms with Crippen molar-refractivity contribution in [3.05, 3.63) is 206 Å². The fraction of sp³-hybridized carbons (Fsp3) is 0. The molecule has 0 N–H and O–H groups in total. The smallest absolute Gasteiger partial charge is 0.146 e. The Kier molecular flexibility index (Phi) is 8.74. The Hall–Kier alpha value is -7.50. The van der Waals surface area contributed by atoms with E-state index >= 15 is 0 Å². The summed E-state index contributed by atoms with van der Waals surface area (Å²) >= 11 is 0. The molecule has 0 aliphatic carbocycles. The predicted octanol–water partition coefficient (Wildman–Crippen LogP) is 12.6. The topological polar surface area (TPSA) is 27.7 Å². The van der Waals surface area contributed by atoms with Crippen molar-refractivity contribution in [2.24, 2.45) is 0 Å². The number of aromatic nitrogens is 4. The van der Waals surface area contributed by atoms with E-state index in [0.717, 1.165) is 40.9 Å². The van der Waals surface area contributed by atoms with Gasteiger partial charge in [-0.3, -0.25) is 4.57 Å². The molecule has 0 atom stereocenters. The quantitative estimate of drug-likeness (QED) is 0.161. The average Bonchev–Trinajstić information content (AvgIpc) is 3.97. The van der Waals surface area contributed by atoms with Crippen LogP contribution in [0.4, 0.5) is 0 Å². The lowest BCUT2D eigenvalue weighted by Gasteiger charge is -2.13. The molecule has 0 aliphatic heterocycles. The first-order chi connectivity index (χ1) is 29.7. The Morgan fingerprint density at radius 1 is 0.350 bits per heavy atom. The minimum atomic E-state index is 0.938. The van der Waals surface area contributed by atoms with Crippen molar-refractivity contribution in [3.63, 3.8) is 0 Å². The van der Waals surface area contributed by atoms with E-state index < -0.39 is 0 Å². The van der Waals surface area contributed by atoms with Gasteiger partial charge in [-0.15, -0.1) is 0 Å². The molecule has 0 amide bonds. The van der Waals surface area contributed by atoms with E-state index in [0.29, 0.717) is 0 Å². The van der Waals surface area contributed by atoms with Crippen LogP contribution in [0.25, 0.3) is 105 Å². The second-order valence-electron chi connectivity index (χ2n) is 15.0. The van der Waals surface area contributed by atoms with Crippen LogP contribution in [-0.2, 0) is 0 Å². The molecular formula is C53H34B3N4. The Balaban J connectivity index is 0.00000132. The summed E-state index contributed by atoms with van der Waals surface area (Å²) in [5.41, 5.74) is 13.7. The summed E-state index contributed by atoms with van der Waals surface area (Å²) < 4.78 is 7.07. The van der Waals surface area contributed by atoms with Gasteiger partial charge in [0.05, 0.1) is 33.1 Å². The second kappa shape index (κ2) is 14.7. The van der Waals surface area contributed by atoms with Crippen molar-refractivity contribution in [1.82, 2.24) is 18.7 Å². The summed E-state index contributed by atoms with van der Waals surface area (Å²) in [5.74, 6) is 0.938. The highest BCUT2D eigenvalue weighted by Gasteiger charge is 2.19. The molecule has 60 heavy (non-hydrogen) atoms. The SMILES string of the molecule is [B][B][B].c1ccc(-n2c3ccccc3c3cc(-c4ccc5c(c4)c4ccccc4n5-c4ccc(-n5c(-c6cccc7ccccc67)nc6ccccc65)cc4)ccc32)cc1. The summed E-state index contributed by atoms with van der Waals surface area (Å²) in [6.07, 6.45) is 0. The number of rotatable bonds is 5. The van der Waals surface area contributed by atoms with Gasteiger partial charge in [0.2, 0.25) is 0 Å². The summed E-state index contributed by atoms with van der Waals surface area (Å²) in [6, 6.07) is 74.4. The van der Waals surface area contributed by atoms with Gasteiger partial charge >= 0.3 is 0 Å². The molecule has 3 heterocycles. The Labute approximate surface area is 351 Å². The van der Waals surface area contributed by atoms with Crippen LogP contribution in [0, 0.1) is 0 Å². The summed E-state index contributed by atoms with van der Waals surface area (Å²) in [4.78, 5) is 5.20. The lowest BCUT2D eigenvalue weighted by atomic mass is 9.40. The van der Waals surface area contributed by atoms with E-state index in [9.17, 15) is 0 Å². The highest BCUT2D eigenvalue weighted by Crippen LogP contribution is 2.39. The third kappa shape index (κ3) is 5.77. The third-order valence-electron chi connectivity index (χ3n) is 11.7. The van der Waals surface area contributed by atoms with Crippen LogP contribution in [0.2, 0.25) is 0 Å². The Morgan fingerprint density at radius 2 is 0.800 bits per heavy atom. The molecule has 0 aliphatic rings. The fourth-order valence-corrected chi connectivity index (χ4v) is 9.08. The minimum Gasteiger partial charge on any atom is -0.309 e. The zero-order valence-electron chi connectivity index (χ0n) is 32.7. The maximum absolute atomic E-state index is 5.20. The second-order valence-corrected chi connectivity index (χ2v) is 15.0. The van der Waals surface area contributed by atoms with Crippen LogP contribution in [-0.4, -0.2) is 41.2 Å². The van der Waals surface area contributed by atoms with Gasteiger partial charge in [-0.2, -0.15) is 0 Å². The molecule has 0 saturated carbocycles. The van der Waals surface area contributed by atoms with E-state index in [1.54, 1.807) is 0 Å². The first-order valence-electron chi connectivity index (χ1n) is 20.1. The first-order valence-corrected chi connectivity index (χ1v) is 20.1. The van der Waals surface area contributed by atoms with Crippen molar-refractivity contribution in [2.45, 2.75) is 0 Å². The van der Waals surface area contributed by atoms with Crippen molar-refractivity contribution in [2.75, 3.05) is 0 Å². The van der Waals surface area contributed by atoms with E-state index in [1.165, 1.54) is 71.2 Å². The summed E-state index contributed by atoms with van der Waals surface area (Å²) in [5, 5.41) is 7.37. The van der Waals surface area contributed by atoms with Crippen LogP contribution in [0.5, 0.6) is 0 Å². The van der Waals surface area contributed by atoms with Crippen LogP contribution in [0.3, 0.4) is 0 Å². The fourth-order valence-electron chi connectivity index (χ4n) is 9.08. The number of fused-ring (bicyclic) bond motifs is 8. The molecule has 3 aromatic heterocycles. The third-order valence-corrected chi connectivity index (χ3v) is 11.7. The van der Waals surface area contributed by atoms with Gasteiger partial charge in [0.25, 0.3) is 0 Å². The van der Waals surface area contributed by atoms with Gasteiger partial charge in [0.1, 0.15) is 5.82 Å². The number of hydrogen-bond acceptors (Lipinski definition) is 1. The predicted molar refractivity (Wildman–Crippen MR) is 255 cm³/mol. The zero-order chi connectivity index (χ0) is 40.2. The van der Waals surface area contributed by atoms with Gasteiger partial charge in [-0.1, -0.05) is 121 Å². The molecule has 0 unspecified atom stereocenters. The molecule has 0 saturated heterocycles. The molecular weight excluding hydrogens is 725 g/mol. The monoisotopic (exact) mass is 759 g/mol. The van der Waals surface area contributed by atoms with Crippen LogP contribution < -0.4 is 0 Å². The summed E-state index contributed by atoms with van der Waals surface area (Å²) in [6.45, 7) is 0. The van der Waals surface area contributed by atoms with Crippen molar-refractivity contribution in [1.29, 1.82) is 0 Å². The number of imidazole rings is 1. The van der Waals surface area contributed by atoms with Gasteiger partial charge in [-0.05, 0) is 107 Å². The van der Waals surface area contributed by atoms with Crippen molar-refractivity contribution in [3.8, 4) is 39.6 Å². The lowest BCUT2D eigenvalue weighted by Crippen LogP contribution is -2.00. The normalized spacial score (nSPS) is 11.5. The Morgan fingerprint density at radius 3 is 1.42 bits per heavy atom. The van der Waals surface area contributed by atoms with Crippen LogP contribution >= 0.6 is 0 Å². The molecule has 7 heteroatoms. The Bertz CT molecular complexity index is 3540. The molecule has 9 aromatic carbocycles. The maximum Gasteiger partial charge on any atom is 0.146 e. The number of hydrogen-bond donors (Lipinski definition) is 0. The highest BCUT2D eigenvalue weighted by molar-refractivity contribution is 7.17. The molecule has 0 bridgehead atoms. The van der Waals surface area contributed by atoms with Crippen LogP contribution in [0.15, 0.2) is 206 Å². The zero-order valence-corrected chi connectivity index (χ0v) is 32.7. The van der Waals surface area contributed by atoms with Gasteiger partial charge < -0.3 is 9.13 Å². The van der Waals surface area contributed by atoms with E-state index in [2.05, 4.69) is 235 Å². The molecule has 12 rings (SSSR count). The van der Waals surface area contributed by atoms with Gasteiger partial charge in [-0.25, -0.2) is 4.98 Å². The largest absolute Gasteiger partial charge is 0.309 e. The van der Waals surface area contributed by atoms with Crippen LogP contribution in [0.1, 0.15) is 0 Å². The van der Waals surface area contributed by atoms with E-state index in [-0.39, 0.29) is 0 Å². The average molecular weight is 759 g/mol. The molecule has 5 radical (unpaired) electrons. The van der Waals surface area contributed by atoms with E-state index in [1.807, 2.05) is 0 Å². The first kappa shape index (κ1) is 35.7. The summed E-state index contributed by atoms with van der Waals surface area (Å²) in [7, 11) is 10.0. The standard InChI is InChI=1S/C53H34N4.B3/c1-2-15-38(16-3-1)55-48-22-9-6-18-42(48)45-33-36(25-31-50(45)55)37-26-32-51-46(34-37)43-19-7-10-23-49(43)56(51)39-27-29-40(30-28-39)57-52-24-11-8-21-47(52)54-53(57)44-20-12-14-35-13-4-5-17-41(35)44;1-3-2/h1-34H;. The minimum absolute atomic E-state index is 0.938. The molecule has 0 fully saturated rings. The molecule has 12 aromatic rings. The highest BCUT2D eigenvalue weighted by atomic mass is 15.1. The number of para-hydroxylation sites is 5. The van der Waals surface area contributed by atoms with Crippen molar-refractivity contribution >= 4 is 88.0 Å². The lowest BCUT2D eigenvalue weighted by molar-refractivity contribution is 1.09. The van der Waals surface area contributed by atoms with Gasteiger partial charge in [0.15, 0.2) is 0 Å². The van der Waals surface area contributed by atoms with Crippen molar-refractivity contribution < 1.29 is 0 Å². The van der Waals surface area contributed by atoms with E-state index in [4.69, 9.17) is 4.98 Å².